The molecule has 0 atom stereocenters. The highest BCUT2D eigenvalue weighted by atomic mass is 19.1. The molecule has 1 aromatic carbocycles. The first-order valence-electron chi connectivity index (χ1n) is 11.7. The maximum absolute atomic E-state index is 15.2. The van der Waals surface area contributed by atoms with Crippen molar-refractivity contribution in [2.24, 2.45) is 4.99 Å². The Balaban J connectivity index is 1.53. The standard InChI is InChI=1S/C25H28F2N6O3/c1-5-28-22-21(15(4)29-20-7-6-16(24(34)35)12-18(20)26)19(27)13-33(22)17-8-10-32(11-9-17)25-30-23(14(2)3)36-31-25/h5-7,12-14,17,29H,4,8-11H2,1-3H3,(H,34,35)/b28-5-. The van der Waals surface area contributed by atoms with Crippen molar-refractivity contribution in [2.45, 2.75) is 45.6 Å². The number of carboxylic acids is 1. The van der Waals surface area contributed by atoms with Crippen molar-refractivity contribution in [3.63, 3.8) is 0 Å². The number of aromatic carboxylic acids is 1. The van der Waals surface area contributed by atoms with Crippen LogP contribution in [0, 0.1) is 11.6 Å². The Kier molecular flexibility index (Phi) is 7.18. The summed E-state index contributed by atoms with van der Waals surface area (Å²) in [5.41, 5.74) is 0.0267. The molecule has 1 fully saturated rings. The van der Waals surface area contributed by atoms with Gasteiger partial charge in [-0.1, -0.05) is 20.4 Å². The molecule has 0 saturated carbocycles. The van der Waals surface area contributed by atoms with E-state index in [4.69, 9.17) is 9.63 Å². The Morgan fingerprint density at radius 3 is 2.61 bits per heavy atom. The van der Waals surface area contributed by atoms with Crippen LogP contribution in [0.3, 0.4) is 0 Å². The van der Waals surface area contributed by atoms with Crippen LogP contribution >= 0.6 is 0 Å². The number of piperidine rings is 1. The van der Waals surface area contributed by atoms with Crippen LogP contribution in [-0.4, -0.2) is 45.1 Å². The van der Waals surface area contributed by atoms with Gasteiger partial charge in [-0.15, -0.1) is 0 Å². The summed E-state index contributed by atoms with van der Waals surface area (Å²) < 4.78 is 36.7. The Bertz CT molecular complexity index is 1310. The van der Waals surface area contributed by atoms with Crippen LogP contribution in [0.1, 0.15) is 67.4 Å². The Morgan fingerprint density at radius 1 is 1.31 bits per heavy atom. The summed E-state index contributed by atoms with van der Waals surface area (Å²) in [6.07, 6.45) is 4.36. The van der Waals surface area contributed by atoms with Crippen LogP contribution in [0.5, 0.6) is 0 Å². The van der Waals surface area contributed by atoms with Gasteiger partial charge in [-0.05, 0) is 43.1 Å². The van der Waals surface area contributed by atoms with Gasteiger partial charge in [-0.3, -0.25) is 0 Å². The first kappa shape index (κ1) is 25.1. The van der Waals surface area contributed by atoms with Crippen molar-refractivity contribution in [1.82, 2.24) is 14.7 Å². The molecule has 2 aromatic heterocycles. The van der Waals surface area contributed by atoms with E-state index in [0.29, 0.717) is 43.6 Å². The second-order valence-corrected chi connectivity index (χ2v) is 8.88. The fourth-order valence-corrected chi connectivity index (χ4v) is 4.20. The first-order chi connectivity index (χ1) is 17.2. The number of nitrogens with zero attached hydrogens (tertiary/aromatic N) is 5. The molecule has 11 heteroatoms. The quantitative estimate of drug-likeness (QED) is 0.388. The Labute approximate surface area is 207 Å². The van der Waals surface area contributed by atoms with Crippen molar-refractivity contribution in [1.29, 1.82) is 0 Å². The van der Waals surface area contributed by atoms with E-state index in [1.54, 1.807) is 17.7 Å². The van der Waals surface area contributed by atoms with Crippen LogP contribution in [0.2, 0.25) is 0 Å². The second kappa shape index (κ2) is 10.3. The summed E-state index contributed by atoms with van der Waals surface area (Å²) in [5.74, 6) is -0.919. The summed E-state index contributed by atoms with van der Waals surface area (Å²) in [6, 6.07) is 3.40. The molecule has 190 valence electrons. The third kappa shape index (κ3) is 5.00. The van der Waals surface area contributed by atoms with Gasteiger partial charge in [0.1, 0.15) is 11.6 Å². The molecule has 1 aliphatic heterocycles. The molecule has 0 spiro atoms. The zero-order valence-corrected chi connectivity index (χ0v) is 20.3. The van der Waals surface area contributed by atoms with Crippen molar-refractivity contribution >= 4 is 35.3 Å². The van der Waals surface area contributed by atoms with Crippen LogP contribution in [0.4, 0.5) is 26.2 Å². The molecular formula is C25H28F2N6O3. The number of aliphatic imine (C=N–C) groups is 1. The Hall–Kier alpha value is -4.02. The average molecular weight is 499 g/mol. The average Bonchev–Trinajstić information content (AvgIpc) is 3.46. The molecule has 0 amide bonds. The predicted molar refractivity (Wildman–Crippen MR) is 133 cm³/mol. The number of nitrogens with one attached hydrogen (secondary N) is 1. The van der Waals surface area contributed by atoms with E-state index < -0.39 is 17.6 Å². The van der Waals surface area contributed by atoms with Gasteiger partial charge < -0.3 is 24.4 Å². The number of hydrogen-bond acceptors (Lipinski definition) is 7. The molecular weight excluding hydrogens is 470 g/mol. The highest BCUT2D eigenvalue weighted by Crippen LogP contribution is 2.37. The van der Waals surface area contributed by atoms with E-state index in [-0.39, 0.29) is 34.5 Å². The molecule has 0 bridgehead atoms. The molecule has 1 aliphatic rings. The van der Waals surface area contributed by atoms with Gasteiger partial charge >= 0.3 is 5.97 Å². The minimum absolute atomic E-state index is 0.0160. The predicted octanol–water partition coefficient (Wildman–Crippen LogP) is 5.62. The van der Waals surface area contributed by atoms with Gasteiger partial charge in [0.25, 0.3) is 5.95 Å². The number of rotatable bonds is 8. The minimum atomic E-state index is -1.24. The molecule has 4 rings (SSSR count). The van der Waals surface area contributed by atoms with Gasteiger partial charge in [0.05, 0.1) is 16.8 Å². The largest absolute Gasteiger partial charge is 0.478 e. The lowest BCUT2D eigenvalue weighted by Gasteiger charge is -2.32. The summed E-state index contributed by atoms with van der Waals surface area (Å²) in [5, 5.41) is 15.9. The molecule has 1 saturated heterocycles. The molecule has 3 aromatic rings. The molecule has 36 heavy (non-hydrogen) atoms. The third-order valence-electron chi connectivity index (χ3n) is 6.08. The van der Waals surface area contributed by atoms with E-state index in [9.17, 15) is 9.18 Å². The lowest BCUT2D eigenvalue weighted by atomic mass is 10.1. The summed E-state index contributed by atoms with van der Waals surface area (Å²) in [7, 11) is 0. The molecule has 2 N–H and O–H groups in total. The highest BCUT2D eigenvalue weighted by molar-refractivity contribution is 5.89. The lowest BCUT2D eigenvalue weighted by molar-refractivity contribution is 0.0696. The van der Waals surface area contributed by atoms with Gasteiger partial charge in [-0.2, -0.15) is 4.98 Å². The number of carbonyl (C=O) groups is 1. The summed E-state index contributed by atoms with van der Waals surface area (Å²) in [6.45, 7) is 10.9. The zero-order valence-electron chi connectivity index (χ0n) is 20.3. The number of benzene rings is 1. The maximum Gasteiger partial charge on any atom is 0.335 e. The number of anilines is 2. The smallest absolute Gasteiger partial charge is 0.335 e. The van der Waals surface area contributed by atoms with Crippen LogP contribution in [-0.2, 0) is 0 Å². The van der Waals surface area contributed by atoms with Crippen LogP contribution in [0.25, 0.3) is 5.70 Å². The normalized spacial score (nSPS) is 14.7. The number of halogens is 2. The van der Waals surface area contributed by atoms with Crippen molar-refractivity contribution in [3.05, 3.63) is 59.6 Å². The van der Waals surface area contributed by atoms with Gasteiger partial charge in [0.2, 0.25) is 5.89 Å². The third-order valence-corrected chi connectivity index (χ3v) is 6.08. The van der Waals surface area contributed by atoms with Crippen LogP contribution in [0.15, 0.2) is 40.5 Å². The first-order valence-corrected chi connectivity index (χ1v) is 11.7. The molecule has 3 heterocycles. The monoisotopic (exact) mass is 498 g/mol. The summed E-state index contributed by atoms with van der Waals surface area (Å²) in [4.78, 5) is 22.0. The van der Waals surface area contributed by atoms with Crippen molar-refractivity contribution in [2.75, 3.05) is 23.3 Å². The van der Waals surface area contributed by atoms with Gasteiger partial charge in [0.15, 0.2) is 5.82 Å². The zero-order chi connectivity index (χ0) is 26.0. The fraction of sp³-hybridized carbons (Fsp3) is 0.360. The minimum Gasteiger partial charge on any atom is -0.478 e. The van der Waals surface area contributed by atoms with Crippen molar-refractivity contribution in [3.8, 4) is 0 Å². The van der Waals surface area contributed by atoms with Crippen molar-refractivity contribution < 1.29 is 23.2 Å². The lowest BCUT2D eigenvalue weighted by Crippen LogP contribution is -2.35. The van der Waals surface area contributed by atoms with E-state index in [2.05, 4.69) is 27.0 Å². The topological polar surface area (TPSA) is 109 Å². The van der Waals surface area contributed by atoms with E-state index in [1.165, 1.54) is 18.3 Å². The van der Waals surface area contributed by atoms with Gasteiger partial charge in [-0.25, -0.2) is 18.6 Å². The van der Waals surface area contributed by atoms with E-state index >= 15 is 4.39 Å². The molecule has 9 nitrogen and oxygen atoms in total. The van der Waals surface area contributed by atoms with E-state index in [1.807, 2.05) is 18.7 Å². The number of carboxylic acid groups (broad SMARTS) is 1. The van der Waals surface area contributed by atoms with Crippen LogP contribution < -0.4 is 10.2 Å². The SMILES string of the molecule is C=C(Nc1ccc(C(=O)O)cc1F)c1c(F)cn(C2CCN(c3noc(C(C)C)n3)CC2)c1/N=C\C. The van der Waals surface area contributed by atoms with E-state index in [0.717, 1.165) is 6.07 Å². The van der Waals surface area contributed by atoms with Gasteiger partial charge in [0, 0.05) is 43.2 Å². The highest BCUT2D eigenvalue weighted by Gasteiger charge is 2.28. The number of aromatic nitrogens is 3. The number of hydrogen-bond donors (Lipinski definition) is 2. The molecule has 0 radical (unpaired) electrons. The second-order valence-electron chi connectivity index (χ2n) is 8.88. The fourth-order valence-electron chi connectivity index (χ4n) is 4.20. The molecule has 0 aliphatic carbocycles. The Morgan fingerprint density at radius 2 is 2.03 bits per heavy atom. The maximum atomic E-state index is 15.2. The summed E-state index contributed by atoms with van der Waals surface area (Å²) >= 11 is 0. The molecule has 0 unspecified atom stereocenters.